The second kappa shape index (κ2) is 6.91. The van der Waals surface area contributed by atoms with E-state index in [1.807, 2.05) is 14.2 Å². The second-order valence-corrected chi connectivity index (χ2v) is 7.36. The minimum absolute atomic E-state index is 0.0498. The molecule has 2 fully saturated rings. The van der Waals surface area contributed by atoms with Crippen molar-refractivity contribution in [3.8, 4) is 0 Å². The zero-order valence-corrected chi connectivity index (χ0v) is 14.7. The molecule has 1 aliphatic heterocycles. The average molecular weight is 321 g/mol. The Kier molecular flexibility index (Phi) is 5.13. The van der Waals surface area contributed by atoms with Crippen molar-refractivity contribution < 1.29 is 9.47 Å². The highest BCUT2D eigenvalue weighted by Gasteiger charge is 2.50. The molecule has 1 saturated carbocycles. The van der Waals surface area contributed by atoms with Crippen molar-refractivity contribution in [2.45, 2.75) is 54.9 Å². The number of fused-ring (bicyclic) bond motifs is 1. The Morgan fingerprint density at radius 1 is 1.23 bits per heavy atom. The minimum atomic E-state index is 0.0498. The van der Waals surface area contributed by atoms with E-state index in [9.17, 15) is 0 Å². The van der Waals surface area contributed by atoms with Gasteiger partial charge in [-0.05, 0) is 49.6 Å². The van der Waals surface area contributed by atoms with Gasteiger partial charge < -0.3 is 9.47 Å². The van der Waals surface area contributed by atoms with E-state index in [-0.39, 0.29) is 5.60 Å². The van der Waals surface area contributed by atoms with Gasteiger partial charge in [-0.15, -0.1) is 11.8 Å². The Hall–Kier alpha value is -0.550. The number of rotatable bonds is 5. The van der Waals surface area contributed by atoms with Crippen LogP contribution in [0.1, 0.15) is 31.2 Å². The van der Waals surface area contributed by atoms with Gasteiger partial charge in [0.05, 0.1) is 11.7 Å². The Balaban J connectivity index is 1.73. The summed E-state index contributed by atoms with van der Waals surface area (Å²) in [5.41, 5.74) is 1.44. The van der Waals surface area contributed by atoms with E-state index in [1.54, 1.807) is 11.8 Å². The van der Waals surface area contributed by atoms with Crippen molar-refractivity contribution in [1.82, 2.24) is 4.90 Å². The lowest BCUT2D eigenvalue weighted by atomic mass is 9.79. The van der Waals surface area contributed by atoms with Crippen LogP contribution < -0.4 is 0 Å². The smallest absolute Gasteiger partial charge is 0.0847 e. The molecule has 4 heteroatoms. The zero-order chi connectivity index (χ0) is 15.6. The van der Waals surface area contributed by atoms with Gasteiger partial charge in [0.15, 0.2) is 0 Å². The largest absolute Gasteiger partial charge is 0.381 e. The van der Waals surface area contributed by atoms with Crippen LogP contribution in [0.5, 0.6) is 0 Å². The number of likely N-dealkylation sites (tertiary alicyclic amines) is 1. The van der Waals surface area contributed by atoms with E-state index < -0.39 is 0 Å². The van der Waals surface area contributed by atoms with E-state index in [0.29, 0.717) is 12.1 Å². The highest BCUT2D eigenvalue weighted by molar-refractivity contribution is 7.98. The Labute approximate surface area is 138 Å². The maximum atomic E-state index is 6.00. The first-order chi connectivity index (χ1) is 10.7. The summed E-state index contributed by atoms with van der Waals surface area (Å²) in [5, 5.41) is 0. The maximum Gasteiger partial charge on any atom is 0.0847 e. The molecule has 0 aromatic heterocycles. The average Bonchev–Trinajstić information content (AvgIpc) is 2.94. The van der Waals surface area contributed by atoms with Crippen LogP contribution in [0, 0.1) is 0 Å². The number of nitrogens with zero attached hydrogens (tertiary/aromatic N) is 1. The van der Waals surface area contributed by atoms with Crippen molar-refractivity contribution >= 4 is 11.8 Å². The van der Waals surface area contributed by atoms with Crippen LogP contribution >= 0.6 is 11.8 Å². The third kappa shape index (κ3) is 3.07. The topological polar surface area (TPSA) is 21.7 Å². The predicted molar refractivity (Wildman–Crippen MR) is 91.4 cm³/mol. The van der Waals surface area contributed by atoms with Crippen LogP contribution in [0.15, 0.2) is 29.2 Å². The van der Waals surface area contributed by atoms with Gasteiger partial charge in [-0.3, -0.25) is 4.90 Å². The molecule has 0 bridgehead atoms. The molecule has 0 unspecified atom stereocenters. The third-order valence-electron chi connectivity index (χ3n) is 5.53. The highest BCUT2D eigenvalue weighted by atomic mass is 32.2. The van der Waals surface area contributed by atoms with E-state index >= 15 is 0 Å². The third-order valence-corrected chi connectivity index (χ3v) is 6.27. The molecule has 2 aliphatic rings. The van der Waals surface area contributed by atoms with E-state index in [2.05, 4.69) is 35.4 Å². The zero-order valence-electron chi connectivity index (χ0n) is 13.9. The fourth-order valence-electron chi connectivity index (χ4n) is 4.12. The van der Waals surface area contributed by atoms with Gasteiger partial charge in [-0.1, -0.05) is 12.1 Å². The van der Waals surface area contributed by atoms with E-state index in [4.69, 9.17) is 9.47 Å². The van der Waals surface area contributed by atoms with Crippen molar-refractivity contribution in [2.24, 2.45) is 0 Å². The van der Waals surface area contributed by atoms with Crippen molar-refractivity contribution in [1.29, 1.82) is 0 Å². The predicted octanol–water partition coefficient (Wildman–Crippen LogP) is 3.57. The van der Waals surface area contributed by atoms with Crippen LogP contribution in [0.2, 0.25) is 0 Å². The lowest BCUT2D eigenvalue weighted by molar-refractivity contribution is -0.0947. The second-order valence-electron chi connectivity index (χ2n) is 6.49. The lowest BCUT2D eigenvalue weighted by Gasteiger charge is -2.43. The summed E-state index contributed by atoms with van der Waals surface area (Å²) in [4.78, 5) is 3.93. The molecule has 0 radical (unpaired) electrons. The molecule has 1 aromatic rings. The van der Waals surface area contributed by atoms with Gasteiger partial charge in [0, 0.05) is 38.2 Å². The van der Waals surface area contributed by atoms with Gasteiger partial charge in [-0.2, -0.15) is 0 Å². The summed E-state index contributed by atoms with van der Waals surface area (Å²) in [6.45, 7) is 2.14. The molecule has 22 heavy (non-hydrogen) atoms. The summed E-state index contributed by atoms with van der Waals surface area (Å²) >= 11 is 1.79. The fraction of sp³-hybridized carbons (Fsp3) is 0.667. The lowest BCUT2D eigenvalue weighted by Crippen LogP contribution is -2.51. The molecule has 1 aliphatic carbocycles. The molecule has 122 valence electrons. The Bertz CT molecular complexity index is 492. The van der Waals surface area contributed by atoms with E-state index in [0.717, 1.165) is 38.8 Å². The van der Waals surface area contributed by atoms with Crippen LogP contribution in [0.25, 0.3) is 0 Å². The van der Waals surface area contributed by atoms with Gasteiger partial charge in [0.25, 0.3) is 0 Å². The van der Waals surface area contributed by atoms with E-state index in [1.165, 1.54) is 10.5 Å². The number of methoxy groups -OCH3 is 2. The molecule has 3 atom stereocenters. The van der Waals surface area contributed by atoms with Crippen LogP contribution in [0.3, 0.4) is 0 Å². The maximum absolute atomic E-state index is 6.00. The SMILES string of the molecule is CO[C@H]1CC[C@@]2(OC)CCN(Cc3ccc(SC)cc3)[C@H]2C1. The molecule has 0 amide bonds. The molecule has 1 saturated heterocycles. The van der Waals surface area contributed by atoms with Gasteiger partial charge in [-0.25, -0.2) is 0 Å². The normalized spacial score (nSPS) is 32.1. The quantitative estimate of drug-likeness (QED) is 0.773. The molecule has 1 heterocycles. The van der Waals surface area contributed by atoms with Crippen LogP contribution in [-0.2, 0) is 16.0 Å². The summed E-state index contributed by atoms with van der Waals surface area (Å²) < 4.78 is 11.6. The van der Waals surface area contributed by atoms with Crippen molar-refractivity contribution in [3.05, 3.63) is 29.8 Å². The molecule has 3 nitrogen and oxygen atoms in total. The summed E-state index contributed by atoms with van der Waals surface area (Å²) in [6, 6.07) is 9.44. The van der Waals surface area contributed by atoms with Crippen LogP contribution in [0.4, 0.5) is 0 Å². The molecule has 3 rings (SSSR count). The molecule has 0 spiro atoms. The number of hydrogen-bond donors (Lipinski definition) is 0. The Morgan fingerprint density at radius 3 is 2.64 bits per heavy atom. The first-order valence-corrected chi connectivity index (χ1v) is 9.38. The van der Waals surface area contributed by atoms with Crippen molar-refractivity contribution in [2.75, 3.05) is 27.0 Å². The fourth-order valence-corrected chi connectivity index (χ4v) is 4.53. The molecular weight excluding hydrogens is 294 g/mol. The molecule has 0 N–H and O–H groups in total. The van der Waals surface area contributed by atoms with Gasteiger partial charge in [0.2, 0.25) is 0 Å². The number of ether oxygens (including phenoxy) is 2. The summed E-state index contributed by atoms with van der Waals surface area (Å²) in [7, 11) is 3.72. The monoisotopic (exact) mass is 321 g/mol. The minimum Gasteiger partial charge on any atom is -0.381 e. The molecular formula is C18H27NO2S. The van der Waals surface area contributed by atoms with Crippen LogP contribution in [-0.4, -0.2) is 49.7 Å². The number of thioether (sulfide) groups is 1. The van der Waals surface area contributed by atoms with Gasteiger partial charge >= 0.3 is 0 Å². The standard InChI is InChI=1S/C18H27NO2S/c1-20-15-8-9-18(21-2)10-11-19(17(18)12-15)13-14-4-6-16(22-3)7-5-14/h4-7,15,17H,8-13H2,1-3H3/t15-,17-,18+/m0/s1. The number of benzene rings is 1. The van der Waals surface area contributed by atoms with Gasteiger partial charge in [0.1, 0.15) is 0 Å². The van der Waals surface area contributed by atoms with Crippen molar-refractivity contribution in [3.63, 3.8) is 0 Å². The molecule has 1 aromatic carbocycles. The first kappa shape index (κ1) is 16.3. The number of hydrogen-bond acceptors (Lipinski definition) is 4. The Morgan fingerprint density at radius 2 is 2.00 bits per heavy atom. The summed E-state index contributed by atoms with van der Waals surface area (Å²) in [5.74, 6) is 0. The first-order valence-electron chi connectivity index (χ1n) is 8.15. The summed E-state index contributed by atoms with van der Waals surface area (Å²) in [6.07, 6.45) is 6.98. The highest BCUT2D eigenvalue weighted by Crippen LogP contribution is 2.43.